The Bertz CT molecular complexity index is 695. The zero-order valence-corrected chi connectivity index (χ0v) is 14.0. The normalized spacial score (nSPS) is 28.4. The van der Waals surface area contributed by atoms with Crippen LogP contribution in [0.5, 0.6) is 0 Å². The van der Waals surface area contributed by atoms with Gasteiger partial charge in [-0.25, -0.2) is 21.5 Å². The van der Waals surface area contributed by atoms with E-state index in [1.807, 2.05) is 6.92 Å². The lowest BCUT2D eigenvalue weighted by Gasteiger charge is -2.44. The second kappa shape index (κ2) is 5.34. The summed E-state index contributed by atoms with van der Waals surface area (Å²) in [6.45, 7) is 2.04. The molecule has 1 spiro atoms. The summed E-state index contributed by atoms with van der Waals surface area (Å²) < 4.78 is 53.9. The molecule has 2 saturated heterocycles. The van der Waals surface area contributed by atoms with Crippen molar-refractivity contribution in [2.75, 3.05) is 37.3 Å². The minimum Gasteiger partial charge on any atom is -0.354 e. The van der Waals surface area contributed by atoms with Crippen LogP contribution in [0.25, 0.3) is 0 Å². The molecule has 2 fully saturated rings. The van der Waals surface area contributed by atoms with E-state index in [9.17, 15) is 17.2 Å². The van der Waals surface area contributed by atoms with Crippen LogP contribution in [0.4, 0.5) is 14.6 Å². The highest BCUT2D eigenvalue weighted by molar-refractivity contribution is 7.88. The Morgan fingerprint density at radius 1 is 1.13 bits per heavy atom. The summed E-state index contributed by atoms with van der Waals surface area (Å²) in [5.74, 6) is -2.33. The summed E-state index contributed by atoms with van der Waals surface area (Å²) in [5, 5.41) is 8.02. The van der Waals surface area contributed by atoms with Crippen LogP contribution < -0.4 is 4.90 Å². The third-order valence-electron chi connectivity index (χ3n) is 4.86. The third kappa shape index (κ3) is 2.91. The van der Waals surface area contributed by atoms with Crippen LogP contribution in [-0.4, -0.2) is 61.3 Å². The van der Waals surface area contributed by atoms with Gasteiger partial charge in [-0.05, 0) is 25.5 Å². The lowest BCUT2D eigenvalue weighted by Crippen LogP contribution is -2.58. The molecular weight excluding hydrogens is 326 g/mol. The summed E-state index contributed by atoms with van der Waals surface area (Å²) in [7, 11) is -3.47. The van der Waals surface area contributed by atoms with E-state index >= 15 is 0 Å². The maximum atomic E-state index is 14.6. The minimum atomic E-state index is -3.47. The first-order valence-electron chi connectivity index (χ1n) is 7.51. The highest BCUT2D eigenvalue weighted by atomic mass is 32.2. The fourth-order valence-corrected chi connectivity index (χ4v) is 4.31. The van der Waals surface area contributed by atoms with E-state index in [0.717, 1.165) is 11.9 Å². The maximum absolute atomic E-state index is 14.6. The van der Waals surface area contributed by atoms with E-state index in [2.05, 4.69) is 10.2 Å². The molecule has 6 nitrogen and oxygen atoms in total. The van der Waals surface area contributed by atoms with E-state index in [-0.39, 0.29) is 26.1 Å². The molecule has 3 rings (SSSR count). The molecule has 0 bridgehead atoms. The molecule has 0 N–H and O–H groups in total. The van der Waals surface area contributed by atoms with Gasteiger partial charge < -0.3 is 4.90 Å². The highest BCUT2D eigenvalue weighted by Crippen LogP contribution is 2.50. The number of hydrogen-bond donors (Lipinski definition) is 0. The van der Waals surface area contributed by atoms with E-state index in [4.69, 9.17) is 0 Å². The highest BCUT2D eigenvalue weighted by Gasteiger charge is 2.60. The molecule has 0 aliphatic carbocycles. The molecule has 23 heavy (non-hydrogen) atoms. The Balaban J connectivity index is 1.86. The van der Waals surface area contributed by atoms with Gasteiger partial charge in [-0.1, -0.05) is 0 Å². The van der Waals surface area contributed by atoms with E-state index in [0.29, 0.717) is 12.4 Å². The largest absolute Gasteiger partial charge is 0.354 e. The average Bonchev–Trinajstić information content (AvgIpc) is 2.88. The number of aromatic nitrogens is 2. The van der Waals surface area contributed by atoms with Crippen LogP contribution in [0, 0.1) is 12.3 Å². The van der Waals surface area contributed by atoms with Crippen molar-refractivity contribution < 1.29 is 17.2 Å². The Morgan fingerprint density at radius 2 is 1.87 bits per heavy atom. The molecular formula is C14H20F2N4O2S. The van der Waals surface area contributed by atoms with Gasteiger partial charge in [0.1, 0.15) is 0 Å². The van der Waals surface area contributed by atoms with Gasteiger partial charge in [0.25, 0.3) is 5.92 Å². The van der Waals surface area contributed by atoms with Gasteiger partial charge >= 0.3 is 0 Å². The molecule has 0 aromatic carbocycles. The summed E-state index contributed by atoms with van der Waals surface area (Å²) in [4.78, 5) is 1.77. The van der Waals surface area contributed by atoms with Crippen LogP contribution >= 0.6 is 0 Å². The first-order chi connectivity index (χ1) is 10.6. The molecule has 2 aliphatic rings. The standard InChI is InChI=1S/C14H20F2N4O2S/c1-11-3-4-12(18-17-11)19-7-5-13(9-19)10-20(23(2,21)22)8-6-14(13,15)16/h3-4H,5-10H2,1-2H3/t13-/m1/s1. The maximum Gasteiger partial charge on any atom is 0.257 e. The van der Waals surface area contributed by atoms with Gasteiger partial charge in [0, 0.05) is 32.6 Å². The van der Waals surface area contributed by atoms with Crippen molar-refractivity contribution in [3.05, 3.63) is 17.8 Å². The number of anilines is 1. The first kappa shape index (κ1) is 16.5. The van der Waals surface area contributed by atoms with Gasteiger partial charge in [0.05, 0.1) is 17.4 Å². The fourth-order valence-electron chi connectivity index (χ4n) is 3.40. The second-order valence-corrected chi connectivity index (χ2v) is 8.52. The van der Waals surface area contributed by atoms with Crippen molar-refractivity contribution in [3.63, 3.8) is 0 Å². The summed E-state index contributed by atoms with van der Waals surface area (Å²) in [6.07, 6.45) is 0.872. The fraction of sp³-hybridized carbons (Fsp3) is 0.714. The zero-order chi connectivity index (χ0) is 16.9. The molecule has 2 aliphatic heterocycles. The van der Waals surface area contributed by atoms with Gasteiger partial charge in [0.15, 0.2) is 5.82 Å². The molecule has 1 atom stereocenters. The quantitative estimate of drug-likeness (QED) is 0.807. The minimum absolute atomic E-state index is 0.0871. The number of rotatable bonds is 2. The topological polar surface area (TPSA) is 66.4 Å². The summed E-state index contributed by atoms with van der Waals surface area (Å²) >= 11 is 0. The number of hydrogen-bond acceptors (Lipinski definition) is 5. The van der Waals surface area contributed by atoms with E-state index < -0.39 is 27.8 Å². The number of aryl methyl sites for hydroxylation is 1. The molecule has 0 amide bonds. The van der Waals surface area contributed by atoms with Gasteiger partial charge in [-0.3, -0.25) is 0 Å². The monoisotopic (exact) mass is 346 g/mol. The predicted octanol–water partition coefficient (Wildman–Crippen LogP) is 1.28. The molecule has 1 aromatic rings. The number of sulfonamides is 1. The smallest absolute Gasteiger partial charge is 0.257 e. The van der Waals surface area contributed by atoms with Crippen LogP contribution in [0.1, 0.15) is 18.5 Å². The third-order valence-corrected chi connectivity index (χ3v) is 6.11. The second-order valence-electron chi connectivity index (χ2n) is 6.54. The number of nitrogens with zero attached hydrogens (tertiary/aromatic N) is 4. The Morgan fingerprint density at radius 3 is 2.48 bits per heavy atom. The van der Waals surface area contributed by atoms with Gasteiger partial charge in [0.2, 0.25) is 10.0 Å². The molecule has 0 unspecified atom stereocenters. The van der Waals surface area contributed by atoms with Crippen LogP contribution in [-0.2, 0) is 10.0 Å². The van der Waals surface area contributed by atoms with Crippen molar-refractivity contribution in [1.82, 2.24) is 14.5 Å². The van der Waals surface area contributed by atoms with E-state index in [1.165, 1.54) is 4.31 Å². The van der Waals surface area contributed by atoms with Crippen LogP contribution in [0.2, 0.25) is 0 Å². The molecule has 1 aromatic heterocycles. The van der Waals surface area contributed by atoms with Crippen LogP contribution in [0.15, 0.2) is 12.1 Å². The molecule has 3 heterocycles. The number of halogens is 2. The summed E-state index contributed by atoms with van der Waals surface area (Å²) in [6, 6.07) is 3.55. The van der Waals surface area contributed by atoms with Crippen molar-refractivity contribution in [2.24, 2.45) is 5.41 Å². The number of alkyl halides is 2. The van der Waals surface area contributed by atoms with Crippen molar-refractivity contribution in [1.29, 1.82) is 0 Å². The number of piperidine rings is 1. The lowest BCUT2D eigenvalue weighted by molar-refractivity contribution is -0.145. The molecule has 0 saturated carbocycles. The van der Waals surface area contributed by atoms with Crippen molar-refractivity contribution in [2.45, 2.75) is 25.7 Å². The zero-order valence-electron chi connectivity index (χ0n) is 13.2. The molecule has 128 valence electrons. The first-order valence-corrected chi connectivity index (χ1v) is 9.36. The molecule has 9 heteroatoms. The summed E-state index contributed by atoms with van der Waals surface area (Å²) in [5.41, 5.74) is -0.602. The molecule has 0 radical (unpaired) electrons. The van der Waals surface area contributed by atoms with Crippen LogP contribution in [0.3, 0.4) is 0 Å². The predicted molar refractivity (Wildman–Crippen MR) is 82.0 cm³/mol. The Kier molecular flexibility index (Phi) is 3.83. The van der Waals surface area contributed by atoms with Gasteiger partial charge in [-0.2, -0.15) is 5.10 Å². The SMILES string of the molecule is Cc1ccc(N2CC[C@@]3(C2)CN(S(C)(=O)=O)CCC3(F)F)nn1. The Labute approximate surface area is 134 Å². The van der Waals surface area contributed by atoms with Crippen molar-refractivity contribution >= 4 is 15.8 Å². The van der Waals surface area contributed by atoms with Gasteiger partial charge in [-0.15, -0.1) is 5.10 Å². The lowest BCUT2D eigenvalue weighted by atomic mass is 9.76. The Hall–Kier alpha value is -1.35. The van der Waals surface area contributed by atoms with E-state index in [1.54, 1.807) is 17.0 Å². The average molecular weight is 346 g/mol. The van der Waals surface area contributed by atoms with Crippen molar-refractivity contribution in [3.8, 4) is 0 Å².